The van der Waals surface area contributed by atoms with Crippen molar-refractivity contribution in [3.63, 3.8) is 0 Å². The Labute approximate surface area is 89.1 Å². The average molecular weight is 198 g/mol. The van der Waals surface area contributed by atoms with Gasteiger partial charge in [-0.05, 0) is 46.3 Å². The van der Waals surface area contributed by atoms with Crippen LogP contribution in [0.4, 0.5) is 0 Å². The highest BCUT2D eigenvalue weighted by atomic mass is 15.2. The van der Waals surface area contributed by atoms with Gasteiger partial charge in [-0.2, -0.15) is 0 Å². The predicted octanol–water partition coefficient (Wildman–Crippen LogP) is 2.25. The third-order valence-electron chi connectivity index (χ3n) is 3.59. The van der Waals surface area contributed by atoms with E-state index in [0.717, 1.165) is 6.04 Å². The average Bonchev–Trinajstić information content (AvgIpc) is 2.72. The number of nitrogens with one attached hydrogen (secondary N) is 1. The Morgan fingerprint density at radius 2 is 2.00 bits per heavy atom. The lowest BCUT2D eigenvalue weighted by Crippen LogP contribution is -2.36. The van der Waals surface area contributed by atoms with Crippen LogP contribution in [0.25, 0.3) is 0 Å². The van der Waals surface area contributed by atoms with Crippen LogP contribution in [-0.4, -0.2) is 37.1 Å². The highest BCUT2D eigenvalue weighted by Crippen LogP contribution is 2.23. The zero-order valence-electron chi connectivity index (χ0n) is 10.1. The molecule has 2 heteroatoms. The van der Waals surface area contributed by atoms with E-state index >= 15 is 0 Å². The lowest BCUT2D eigenvalue weighted by molar-refractivity contribution is 0.200. The maximum absolute atomic E-state index is 3.31. The van der Waals surface area contributed by atoms with Crippen molar-refractivity contribution in [3.05, 3.63) is 0 Å². The minimum atomic E-state index is 0.658. The number of nitrogens with zero attached hydrogens (tertiary/aromatic N) is 1. The summed E-state index contributed by atoms with van der Waals surface area (Å²) in [6, 6.07) is 1.55. The fraction of sp³-hybridized carbons (Fsp3) is 1.00. The third kappa shape index (κ3) is 3.58. The lowest BCUT2D eigenvalue weighted by Gasteiger charge is -2.28. The molecular formula is C12H26N2. The third-order valence-corrected chi connectivity index (χ3v) is 3.59. The van der Waals surface area contributed by atoms with Crippen LogP contribution in [0.1, 0.15) is 46.0 Å². The molecule has 14 heavy (non-hydrogen) atoms. The van der Waals surface area contributed by atoms with Crippen LogP contribution in [0, 0.1) is 0 Å². The molecule has 0 saturated heterocycles. The van der Waals surface area contributed by atoms with Crippen LogP contribution in [0.2, 0.25) is 0 Å². The van der Waals surface area contributed by atoms with Gasteiger partial charge in [-0.25, -0.2) is 0 Å². The van der Waals surface area contributed by atoms with Gasteiger partial charge in [0.05, 0.1) is 0 Å². The molecule has 0 aromatic heterocycles. The second-order valence-electron chi connectivity index (χ2n) is 4.55. The van der Waals surface area contributed by atoms with Crippen molar-refractivity contribution in [2.24, 2.45) is 0 Å². The Hall–Kier alpha value is -0.0800. The minimum Gasteiger partial charge on any atom is -0.317 e. The number of hydrogen-bond acceptors (Lipinski definition) is 2. The first-order valence-corrected chi connectivity index (χ1v) is 6.19. The second kappa shape index (κ2) is 6.41. The van der Waals surface area contributed by atoms with Crippen LogP contribution >= 0.6 is 0 Å². The van der Waals surface area contributed by atoms with E-state index in [-0.39, 0.29) is 0 Å². The number of hydrogen-bond donors (Lipinski definition) is 1. The Bertz CT molecular complexity index is 141. The van der Waals surface area contributed by atoms with Crippen molar-refractivity contribution in [1.29, 1.82) is 0 Å². The van der Waals surface area contributed by atoms with E-state index < -0.39 is 0 Å². The molecule has 2 nitrogen and oxygen atoms in total. The van der Waals surface area contributed by atoms with E-state index in [4.69, 9.17) is 0 Å². The van der Waals surface area contributed by atoms with Gasteiger partial charge in [0.25, 0.3) is 0 Å². The first-order chi connectivity index (χ1) is 6.77. The highest BCUT2D eigenvalue weighted by Gasteiger charge is 2.20. The molecule has 0 radical (unpaired) electrons. The fourth-order valence-corrected chi connectivity index (χ4v) is 2.37. The van der Waals surface area contributed by atoms with Gasteiger partial charge >= 0.3 is 0 Å². The maximum atomic E-state index is 3.31. The molecule has 1 aliphatic carbocycles. The number of rotatable bonds is 6. The van der Waals surface area contributed by atoms with Gasteiger partial charge in [-0.1, -0.05) is 19.8 Å². The molecule has 0 aromatic carbocycles. The van der Waals surface area contributed by atoms with E-state index in [2.05, 4.69) is 31.1 Å². The first-order valence-electron chi connectivity index (χ1n) is 6.19. The first kappa shape index (κ1) is 12.0. The van der Waals surface area contributed by atoms with Crippen molar-refractivity contribution in [2.75, 3.05) is 20.1 Å². The zero-order valence-corrected chi connectivity index (χ0v) is 10.1. The molecule has 1 N–H and O–H groups in total. The van der Waals surface area contributed by atoms with Gasteiger partial charge in [0.2, 0.25) is 0 Å². The summed E-state index contributed by atoms with van der Waals surface area (Å²) in [4.78, 5) is 2.67. The lowest BCUT2D eigenvalue weighted by atomic mass is 10.1. The van der Waals surface area contributed by atoms with E-state index in [1.54, 1.807) is 0 Å². The summed E-state index contributed by atoms with van der Waals surface area (Å²) in [6.45, 7) is 7.05. The molecule has 0 aliphatic heterocycles. The Balaban J connectivity index is 2.23. The Morgan fingerprint density at radius 3 is 2.50 bits per heavy atom. The van der Waals surface area contributed by atoms with Gasteiger partial charge in [0, 0.05) is 12.1 Å². The second-order valence-corrected chi connectivity index (χ2v) is 4.55. The van der Waals surface area contributed by atoms with Crippen molar-refractivity contribution >= 4 is 0 Å². The largest absolute Gasteiger partial charge is 0.317 e. The quantitative estimate of drug-likeness (QED) is 0.704. The topological polar surface area (TPSA) is 15.3 Å². The van der Waals surface area contributed by atoms with Crippen LogP contribution in [-0.2, 0) is 0 Å². The summed E-state index contributed by atoms with van der Waals surface area (Å²) in [6.07, 6.45) is 7.04. The monoisotopic (exact) mass is 198 g/mol. The molecule has 84 valence electrons. The smallest absolute Gasteiger partial charge is 0.00951 e. The van der Waals surface area contributed by atoms with Crippen molar-refractivity contribution in [1.82, 2.24) is 10.2 Å². The molecule has 1 rings (SSSR count). The van der Waals surface area contributed by atoms with Crippen LogP contribution in [0.15, 0.2) is 0 Å². The van der Waals surface area contributed by atoms with Gasteiger partial charge in [-0.3, -0.25) is 0 Å². The SMILES string of the molecule is CCN(CCC(C)NC)C1CCCC1. The van der Waals surface area contributed by atoms with E-state index in [1.807, 2.05) is 0 Å². The van der Waals surface area contributed by atoms with E-state index in [0.29, 0.717) is 6.04 Å². The molecule has 0 spiro atoms. The van der Waals surface area contributed by atoms with Crippen LogP contribution in [0.5, 0.6) is 0 Å². The molecule has 0 amide bonds. The predicted molar refractivity (Wildman–Crippen MR) is 62.6 cm³/mol. The summed E-state index contributed by atoms with van der Waals surface area (Å²) >= 11 is 0. The fourth-order valence-electron chi connectivity index (χ4n) is 2.37. The van der Waals surface area contributed by atoms with E-state index in [9.17, 15) is 0 Å². The molecular weight excluding hydrogens is 172 g/mol. The Kier molecular flexibility index (Phi) is 5.49. The van der Waals surface area contributed by atoms with Crippen molar-refractivity contribution < 1.29 is 0 Å². The van der Waals surface area contributed by atoms with Gasteiger partial charge < -0.3 is 10.2 Å². The Morgan fingerprint density at radius 1 is 1.36 bits per heavy atom. The molecule has 0 aromatic rings. The summed E-state index contributed by atoms with van der Waals surface area (Å²) < 4.78 is 0. The van der Waals surface area contributed by atoms with Gasteiger partial charge in [-0.15, -0.1) is 0 Å². The molecule has 0 heterocycles. The summed E-state index contributed by atoms with van der Waals surface area (Å²) in [5.74, 6) is 0. The molecule has 1 aliphatic rings. The minimum absolute atomic E-state index is 0.658. The maximum Gasteiger partial charge on any atom is 0.00951 e. The van der Waals surface area contributed by atoms with E-state index in [1.165, 1.54) is 45.2 Å². The summed E-state index contributed by atoms with van der Waals surface area (Å²) in [5, 5.41) is 3.31. The molecule has 1 saturated carbocycles. The summed E-state index contributed by atoms with van der Waals surface area (Å²) in [5.41, 5.74) is 0. The normalized spacial score (nSPS) is 20.6. The van der Waals surface area contributed by atoms with Crippen molar-refractivity contribution in [3.8, 4) is 0 Å². The van der Waals surface area contributed by atoms with Crippen molar-refractivity contribution in [2.45, 2.75) is 58.0 Å². The zero-order chi connectivity index (χ0) is 10.4. The van der Waals surface area contributed by atoms with Crippen LogP contribution in [0.3, 0.4) is 0 Å². The van der Waals surface area contributed by atoms with Crippen LogP contribution < -0.4 is 5.32 Å². The highest BCUT2D eigenvalue weighted by molar-refractivity contribution is 4.77. The molecule has 1 unspecified atom stereocenters. The standard InChI is InChI=1S/C12H26N2/c1-4-14(10-9-11(2)13-3)12-7-5-6-8-12/h11-13H,4-10H2,1-3H3. The summed E-state index contributed by atoms with van der Waals surface area (Å²) in [7, 11) is 2.05. The molecule has 1 fully saturated rings. The van der Waals surface area contributed by atoms with Gasteiger partial charge in [0.15, 0.2) is 0 Å². The van der Waals surface area contributed by atoms with Gasteiger partial charge in [0.1, 0.15) is 0 Å². The molecule has 0 bridgehead atoms. The molecule has 1 atom stereocenters.